The van der Waals surface area contributed by atoms with Crippen molar-refractivity contribution < 1.29 is 9.32 Å². The van der Waals surface area contributed by atoms with E-state index in [9.17, 15) is 4.79 Å². The number of hydrogen-bond donors (Lipinski definition) is 1. The first kappa shape index (κ1) is 14.4. The third-order valence-corrected chi connectivity index (χ3v) is 5.25. The highest BCUT2D eigenvalue weighted by Gasteiger charge is 2.38. The normalized spacial score (nSPS) is 21.5. The first-order chi connectivity index (χ1) is 10.1. The molecule has 1 saturated heterocycles. The molecule has 5 heteroatoms. The number of aromatic nitrogens is 1. The summed E-state index contributed by atoms with van der Waals surface area (Å²) >= 11 is 0. The molecular formula is C16H25N3O2. The van der Waals surface area contributed by atoms with Crippen LogP contribution < -0.4 is 5.32 Å². The van der Waals surface area contributed by atoms with Crippen LogP contribution in [0.5, 0.6) is 0 Å². The Balaban J connectivity index is 1.65. The fraction of sp³-hybridized carbons (Fsp3) is 0.750. The Kier molecular flexibility index (Phi) is 3.91. The van der Waals surface area contributed by atoms with Crippen molar-refractivity contribution in [2.24, 2.45) is 5.41 Å². The monoisotopic (exact) mass is 291 g/mol. The van der Waals surface area contributed by atoms with E-state index in [1.54, 1.807) is 0 Å². The molecule has 1 aliphatic carbocycles. The topological polar surface area (TPSA) is 58.4 Å². The van der Waals surface area contributed by atoms with Crippen molar-refractivity contribution in [2.45, 2.75) is 58.8 Å². The van der Waals surface area contributed by atoms with Gasteiger partial charge in [-0.25, -0.2) is 4.79 Å². The molecule has 0 bridgehead atoms. The van der Waals surface area contributed by atoms with Gasteiger partial charge >= 0.3 is 6.03 Å². The van der Waals surface area contributed by atoms with Gasteiger partial charge in [-0.2, -0.15) is 0 Å². The molecule has 5 nitrogen and oxygen atoms in total. The molecule has 1 saturated carbocycles. The van der Waals surface area contributed by atoms with Gasteiger partial charge < -0.3 is 9.42 Å². The van der Waals surface area contributed by atoms with E-state index in [0.29, 0.717) is 11.2 Å². The fourth-order valence-corrected chi connectivity index (χ4v) is 3.81. The molecule has 0 aromatic carbocycles. The molecule has 0 atom stereocenters. The summed E-state index contributed by atoms with van der Waals surface area (Å²) in [4.78, 5) is 14.5. The van der Waals surface area contributed by atoms with Crippen LogP contribution in [0.4, 0.5) is 10.6 Å². The number of rotatable bonds is 1. The van der Waals surface area contributed by atoms with E-state index in [1.807, 2.05) is 18.7 Å². The van der Waals surface area contributed by atoms with Gasteiger partial charge in [-0.15, -0.1) is 0 Å². The zero-order valence-electron chi connectivity index (χ0n) is 13.1. The summed E-state index contributed by atoms with van der Waals surface area (Å²) in [5, 5.41) is 6.83. The van der Waals surface area contributed by atoms with Crippen LogP contribution in [-0.2, 0) is 0 Å². The largest absolute Gasteiger partial charge is 0.359 e. The van der Waals surface area contributed by atoms with Crippen molar-refractivity contribution in [1.29, 1.82) is 0 Å². The Labute approximate surface area is 126 Å². The number of piperidine rings is 1. The van der Waals surface area contributed by atoms with Crippen molar-refractivity contribution >= 4 is 11.8 Å². The highest BCUT2D eigenvalue weighted by atomic mass is 16.5. The third-order valence-electron chi connectivity index (χ3n) is 5.25. The minimum Gasteiger partial charge on any atom is -0.359 e. The van der Waals surface area contributed by atoms with Gasteiger partial charge in [0.05, 0.1) is 0 Å². The number of urea groups is 1. The Morgan fingerprint density at radius 3 is 2.57 bits per heavy atom. The number of hydrogen-bond acceptors (Lipinski definition) is 3. The zero-order chi connectivity index (χ0) is 14.9. The predicted molar refractivity (Wildman–Crippen MR) is 81.3 cm³/mol. The third kappa shape index (κ3) is 2.92. The van der Waals surface area contributed by atoms with E-state index in [4.69, 9.17) is 4.52 Å². The number of amides is 2. The number of aryl methyl sites for hydroxylation is 1. The van der Waals surface area contributed by atoms with Crippen molar-refractivity contribution in [3.05, 3.63) is 11.3 Å². The minimum atomic E-state index is -0.0314. The quantitative estimate of drug-likeness (QED) is 0.854. The van der Waals surface area contributed by atoms with Gasteiger partial charge in [-0.1, -0.05) is 24.4 Å². The molecule has 2 aliphatic rings. The molecule has 2 fully saturated rings. The maximum Gasteiger partial charge on any atom is 0.323 e. The smallest absolute Gasteiger partial charge is 0.323 e. The lowest BCUT2D eigenvalue weighted by Crippen LogP contribution is -2.48. The van der Waals surface area contributed by atoms with Crippen LogP contribution in [0.2, 0.25) is 0 Å². The van der Waals surface area contributed by atoms with Gasteiger partial charge in [0, 0.05) is 18.7 Å². The molecule has 3 rings (SSSR count). The summed E-state index contributed by atoms with van der Waals surface area (Å²) in [7, 11) is 0. The molecule has 1 N–H and O–H groups in total. The van der Waals surface area contributed by atoms with Gasteiger partial charge in [0.25, 0.3) is 0 Å². The van der Waals surface area contributed by atoms with E-state index in [-0.39, 0.29) is 6.03 Å². The van der Waals surface area contributed by atoms with Crippen LogP contribution >= 0.6 is 0 Å². The maximum atomic E-state index is 12.5. The molecule has 116 valence electrons. The Morgan fingerprint density at radius 2 is 1.90 bits per heavy atom. The Hall–Kier alpha value is -1.52. The summed E-state index contributed by atoms with van der Waals surface area (Å²) < 4.78 is 5.11. The highest BCUT2D eigenvalue weighted by Crippen LogP contribution is 2.43. The van der Waals surface area contributed by atoms with Gasteiger partial charge in [-0.05, 0) is 44.9 Å². The number of anilines is 1. The lowest BCUT2D eigenvalue weighted by molar-refractivity contribution is 0.0749. The van der Waals surface area contributed by atoms with Crippen molar-refractivity contribution in [2.75, 3.05) is 18.4 Å². The van der Waals surface area contributed by atoms with Gasteiger partial charge in [0.2, 0.25) is 0 Å². The average Bonchev–Trinajstić information content (AvgIpc) is 2.80. The summed E-state index contributed by atoms with van der Waals surface area (Å²) in [6, 6.07) is -0.0314. The van der Waals surface area contributed by atoms with Gasteiger partial charge in [0.15, 0.2) is 5.82 Å². The highest BCUT2D eigenvalue weighted by molar-refractivity contribution is 5.89. The SMILES string of the molecule is Cc1onc(NC(=O)N2CCCC3(CCCCC3)C2)c1C. The lowest BCUT2D eigenvalue weighted by atomic mass is 9.69. The van der Waals surface area contributed by atoms with Crippen LogP contribution in [0.3, 0.4) is 0 Å². The Bertz CT molecular complexity index is 512. The molecule has 1 spiro atoms. The molecule has 0 unspecified atom stereocenters. The van der Waals surface area contributed by atoms with Crippen LogP contribution in [-0.4, -0.2) is 29.2 Å². The second kappa shape index (κ2) is 5.70. The van der Waals surface area contributed by atoms with Crippen LogP contribution in [0.25, 0.3) is 0 Å². The van der Waals surface area contributed by atoms with E-state index in [1.165, 1.54) is 38.5 Å². The standard InChI is InChI=1S/C16H25N3O2/c1-12-13(2)21-18-14(12)17-15(20)19-10-6-9-16(11-19)7-4-3-5-8-16/h3-11H2,1-2H3,(H,17,18,20). The molecule has 1 aliphatic heterocycles. The summed E-state index contributed by atoms with van der Waals surface area (Å²) in [6.45, 7) is 5.52. The van der Waals surface area contributed by atoms with E-state index < -0.39 is 0 Å². The van der Waals surface area contributed by atoms with Crippen molar-refractivity contribution in [3.63, 3.8) is 0 Å². The summed E-state index contributed by atoms with van der Waals surface area (Å²) in [5.74, 6) is 1.31. The Morgan fingerprint density at radius 1 is 1.19 bits per heavy atom. The van der Waals surface area contributed by atoms with Crippen LogP contribution in [0, 0.1) is 19.3 Å². The molecule has 1 aromatic heterocycles. The zero-order valence-corrected chi connectivity index (χ0v) is 13.1. The number of nitrogens with one attached hydrogen (secondary N) is 1. The predicted octanol–water partition coefficient (Wildman–Crippen LogP) is 3.87. The number of likely N-dealkylation sites (tertiary alicyclic amines) is 1. The molecular weight excluding hydrogens is 266 g/mol. The molecule has 1 aromatic rings. The van der Waals surface area contributed by atoms with Crippen LogP contribution in [0.15, 0.2) is 4.52 Å². The molecule has 21 heavy (non-hydrogen) atoms. The van der Waals surface area contributed by atoms with Gasteiger partial charge in [-0.3, -0.25) is 5.32 Å². The lowest BCUT2D eigenvalue weighted by Gasteiger charge is -2.45. The second-order valence-corrected chi connectivity index (χ2v) is 6.73. The summed E-state index contributed by atoms with van der Waals surface area (Å²) in [5.41, 5.74) is 1.29. The van der Waals surface area contributed by atoms with Crippen molar-refractivity contribution in [3.8, 4) is 0 Å². The summed E-state index contributed by atoms with van der Waals surface area (Å²) in [6.07, 6.45) is 8.93. The minimum absolute atomic E-state index is 0.0314. The van der Waals surface area contributed by atoms with Crippen LogP contribution in [0.1, 0.15) is 56.3 Å². The second-order valence-electron chi connectivity index (χ2n) is 6.73. The molecule has 2 amide bonds. The first-order valence-electron chi connectivity index (χ1n) is 8.08. The average molecular weight is 291 g/mol. The van der Waals surface area contributed by atoms with E-state index in [0.717, 1.165) is 30.8 Å². The van der Waals surface area contributed by atoms with E-state index >= 15 is 0 Å². The van der Waals surface area contributed by atoms with Crippen molar-refractivity contribution in [1.82, 2.24) is 10.1 Å². The number of nitrogens with zero attached hydrogens (tertiary/aromatic N) is 2. The number of carbonyl (C=O) groups is 1. The number of carbonyl (C=O) groups excluding carboxylic acids is 1. The fourth-order valence-electron chi connectivity index (χ4n) is 3.81. The first-order valence-corrected chi connectivity index (χ1v) is 8.08. The van der Waals surface area contributed by atoms with E-state index in [2.05, 4.69) is 10.5 Å². The maximum absolute atomic E-state index is 12.5. The molecule has 2 heterocycles. The van der Waals surface area contributed by atoms with Gasteiger partial charge in [0.1, 0.15) is 5.76 Å². The molecule has 0 radical (unpaired) electrons.